The van der Waals surface area contributed by atoms with Gasteiger partial charge in [0.1, 0.15) is 0 Å². The lowest BCUT2D eigenvalue weighted by Crippen LogP contribution is -2.58. The van der Waals surface area contributed by atoms with Gasteiger partial charge in [-0.2, -0.15) is 0 Å². The molecule has 0 saturated carbocycles. The molecule has 2 aromatic rings. The molecule has 0 aromatic carbocycles. The number of imide groups is 1. The molecule has 0 radical (unpaired) electrons. The number of hydrogen-bond donors (Lipinski definition) is 1. The Morgan fingerprint density at radius 1 is 1.16 bits per heavy atom. The van der Waals surface area contributed by atoms with Gasteiger partial charge in [-0.15, -0.1) is 22.7 Å². The van der Waals surface area contributed by atoms with E-state index in [1.165, 1.54) is 19.5 Å². The summed E-state index contributed by atoms with van der Waals surface area (Å²) in [7, 11) is 0. The number of nitrogens with zero attached hydrogens (tertiary/aromatic N) is 2. The van der Waals surface area contributed by atoms with Gasteiger partial charge in [-0.1, -0.05) is 6.07 Å². The zero-order valence-corrected chi connectivity index (χ0v) is 15.5. The summed E-state index contributed by atoms with van der Waals surface area (Å²) in [5.74, 6) is -1.36. The van der Waals surface area contributed by atoms with Crippen molar-refractivity contribution in [1.29, 1.82) is 0 Å². The molecule has 8 heteroatoms. The number of likely N-dealkylation sites (N-methyl/N-ethyl adjacent to an activating group) is 1. The molecule has 4 amide bonds. The van der Waals surface area contributed by atoms with Crippen LogP contribution < -0.4 is 5.32 Å². The molecule has 0 bridgehead atoms. The van der Waals surface area contributed by atoms with Gasteiger partial charge in [0.2, 0.25) is 0 Å². The van der Waals surface area contributed by atoms with E-state index in [9.17, 15) is 14.4 Å². The lowest BCUT2D eigenvalue weighted by atomic mass is 10.3. The highest BCUT2D eigenvalue weighted by atomic mass is 32.1. The molecule has 25 heavy (non-hydrogen) atoms. The van der Waals surface area contributed by atoms with E-state index in [-0.39, 0.29) is 6.54 Å². The minimum Gasteiger partial charge on any atom is -0.337 e. The van der Waals surface area contributed by atoms with Gasteiger partial charge in [0.15, 0.2) is 0 Å². The SMILES string of the molecule is CCN1CCN(C(=O)NCCc2ccc(-c3cccs3)s2)C(=O)C1=O. The summed E-state index contributed by atoms with van der Waals surface area (Å²) in [5, 5.41) is 4.78. The van der Waals surface area contributed by atoms with Crippen LogP contribution in [0.5, 0.6) is 0 Å². The molecule has 1 N–H and O–H groups in total. The number of thiophene rings is 2. The number of piperazine rings is 1. The molecule has 0 aliphatic carbocycles. The highest BCUT2D eigenvalue weighted by molar-refractivity contribution is 7.21. The number of carbonyl (C=O) groups excluding carboxylic acids is 3. The Balaban J connectivity index is 1.50. The van der Waals surface area contributed by atoms with E-state index in [1.54, 1.807) is 22.7 Å². The number of rotatable bonds is 5. The number of carbonyl (C=O) groups is 3. The maximum Gasteiger partial charge on any atom is 0.324 e. The molecular formula is C17H19N3O3S2. The van der Waals surface area contributed by atoms with Gasteiger partial charge in [0.05, 0.1) is 0 Å². The van der Waals surface area contributed by atoms with E-state index in [4.69, 9.17) is 0 Å². The van der Waals surface area contributed by atoms with Crippen LogP contribution in [0.4, 0.5) is 4.79 Å². The Morgan fingerprint density at radius 2 is 2.00 bits per heavy atom. The van der Waals surface area contributed by atoms with Gasteiger partial charge >= 0.3 is 17.8 Å². The molecule has 1 saturated heterocycles. The van der Waals surface area contributed by atoms with Crippen LogP contribution in [0.25, 0.3) is 9.75 Å². The summed E-state index contributed by atoms with van der Waals surface area (Å²) in [4.78, 5) is 42.0. The van der Waals surface area contributed by atoms with E-state index in [0.717, 1.165) is 4.90 Å². The van der Waals surface area contributed by atoms with Gasteiger partial charge in [-0.05, 0) is 36.9 Å². The fourth-order valence-corrected chi connectivity index (χ4v) is 4.46. The number of hydrogen-bond acceptors (Lipinski definition) is 5. The van der Waals surface area contributed by atoms with E-state index >= 15 is 0 Å². The summed E-state index contributed by atoms with van der Waals surface area (Å²) in [6.07, 6.45) is 0.693. The highest BCUT2D eigenvalue weighted by Crippen LogP contribution is 2.31. The Labute approximate surface area is 154 Å². The third-order valence-corrected chi connectivity index (χ3v) is 6.22. The van der Waals surface area contributed by atoms with Crippen molar-refractivity contribution < 1.29 is 14.4 Å². The molecule has 2 aromatic heterocycles. The molecular weight excluding hydrogens is 358 g/mol. The largest absolute Gasteiger partial charge is 0.337 e. The summed E-state index contributed by atoms with van der Waals surface area (Å²) < 4.78 is 0. The van der Waals surface area contributed by atoms with E-state index in [2.05, 4.69) is 23.5 Å². The standard InChI is InChI=1S/C17H19N3O3S2/c1-2-19-9-10-20(16(22)15(19)21)17(23)18-8-7-12-5-6-14(25-12)13-4-3-11-24-13/h3-6,11H,2,7-10H2,1H3,(H,18,23). The van der Waals surface area contributed by atoms with E-state index in [0.29, 0.717) is 26.1 Å². The molecule has 1 fully saturated rings. The smallest absolute Gasteiger partial charge is 0.324 e. The molecule has 3 rings (SSSR count). The second-order valence-corrected chi connectivity index (χ2v) is 7.68. The van der Waals surface area contributed by atoms with Gasteiger partial charge in [0.25, 0.3) is 0 Å². The molecule has 1 aliphatic rings. The van der Waals surface area contributed by atoms with Crippen LogP contribution in [0.15, 0.2) is 29.6 Å². The maximum atomic E-state index is 12.2. The van der Waals surface area contributed by atoms with Crippen molar-refractivity contribution in [2.45, 2.75) is 13.3 Å². The number of amides is 4. The Bertz CT molecular complexity index is 770. The topological polar surface area (TPSA) is 69.7 Å². The second-order valence-electron chi connectivity index (χ2n) is 5.57. The van der Waals surface area contributed by atoms with Gasteiger partial charge in [-0.3, -0.25) is 14.5 Å². The minimum absolute atomic E-state index is 0.242. The van der Waals surface area contributed by atoms with Crippen molar-refractivity contribution >= 4 is 40.5 Å². The van der Waals surface area contributed by atoms with Crippen LogP contribution in [0.3, 0.4) is 0 Å². The average molecular weight is 377 g/mol. The summed E-state index contributed by atoms with van der Waals surface area (Å²) in [6.45, 7) is 3.35. The summed E-state index contributed by atoms with van der Waals surface area (Å²) >= 11 is 3.40. The summed E-state index contributed by atoms with van der Waals surface area (Å²) in [6, 6.07) is 7.75. The lowest BCUT2D eigenvalue weighted by Gasteiger charge is -2.31. The third-order valence-electron chi connectivity index (χ3n) is 4.01. The zero-order chi connectivity index (χ0) is 17.8. The van der Waals surface area contributed by atoms with Crippen molar-refractivity contribution in [2.24, 2.45) is 0 Å². The predicted molar refractivity (Wildman–Crippen MR) is 98.7 cm³/mol. The third kappa shape index (κ3) is 3.91. The molecule has 0 unspecified atom stereocenters. The lowest BCUT2D eigenvalue weighted by molar-refractivity contribution is -0.153. The monoisotopic (exact) mass is 377 g/mol. The average Bonchev–Trinajstić information content (AvgIpc) is 3.28. The minimum atomic E-state index is -0.748. The fraction of sp³-hybridized carbons (Fsp3) is 0.353. The molecule has 1 aliphatic heterocycles. The first-order valence-electron chi connectivity index (χ1n) is 8.11. The van der Waals surface area contributed by atoms with Crippen LogP contribution in [0.1, 0.15) is 11.8 Å². The fourth-order valence-electron chi connectivity index (χ4n) is 2.62. The van der Waals surface area contributed by atoms with Crippen LogP contribution in [0.2, 0.25) is 0 Å². The maximum absolute atomic E-state index is 12.2. The molecule has 6 nitrogen and oxygen atoms in total. The summed E-state index contributed by atoms with van der Waals surface area (Å²) in [5.41, 5.74) is 0. The van der Waals surface area contributed by atoms with Crippen LogP contribution in [-0.2, 0) is 16.0 Å². The van der Waals surface area contributed by atoms with E-state index < -0.39 is 17.8 Å². The Hall–Kier alpha value is -2.19. The van der Waals surface area contributed by atoms with Gasteiger partial charge in [0, 0.05) is 40.8 Å². The van der Waals surface area contributed by atoms with Crippen LogP contribution in [0, 0.1) is 0 Å². The normalized spacial score (nSPS) is 14.9. The first-order valence-corrected chi connectivity index (χ1v) is 9.81. The Kier molecular flexibility index (Phi) is 5.50. The zero-order valence-electron chi connectivity index (χ0n) is 13.9. The van der Waals surface area contributed by atoms with Crippen LogP contribution in [-0.4, -0.2) is 53.8 Å². The molecule has 132 valence electrons. The number of nitrogens with one attached hydrogen (secondary N) is 1. The van der Waals surface area contributed by atoms with Gasteiger partial charge in [-0.25, -0.2) is 4.79 Å². The predicted octanol–water partition coefficient (Wildman–Crippen LogP) is 2.42. The van der Waals surface area contributed by atoms with Crippen molar-refractivity contribution in [3.8, 4) is 9.75 Å². The van der Waals surface area contributed by atoms with Crippen molar-refractivity contribution in [1.82, 2.24) is 15.1 Å². The molecule has 0 spiro atoms. The van der Waals surface area contributed by atoms with Gasteiger partial charge < -0.3 is 10.2 Å². The second kappa shape index (κ2) is 7.79. The van der Waals surface area contributed by atoms with Crippen molar-refractivity contribution in [3.05, 3.63) is 34.5 Å². The van der Waals surface area contributed by atoms with Crippen LogP contribution >= 0.6 is 22.7 Å². The highest BCUT2D eigenvalue weighted by Gasteiger charge is 2.35. The molecule has 3 heterocycles. The Morgan fingerprint density at radius 3 is 2.72 bits per heavy atom. The van der Waals surface area contributed by atoms with Crippen molar-refractivity contribution in [3.63, 3.8) is 0 Å². The first-order chi connectivity index (χ1) is 12.1. The first kappa shape index (κ1) is 17.6. The number of urea groups is 1. The quantitative estimate of drug-likeness (QED) is 0.814. The van der Waals surface area contributed by atoms with E-state index in [1.807, 2.05) is 18.4 Å². The van der Waals surface area contributed by atoms with Crippen molar-refractivity contribution in [2.75, 3.05) is 26.2 Å². The molecule has 0 atom stereocenters.